The van der Waals surface area contributed by atoms with Gasteiger partial charge in [-0.1, -0.05) is 59.6 Å². The first-order valence-corrected chi connectivity index (χ1v) is 5.91. The van der Waals surface area contributed by atoms with Crippen LogP contribution in [0.4, 0.5) is 8.78 Å². The van der Waals surface area contributed by atoms with Crippen molar-refractivity contribution in [2.75, 3.05) is 0 Å². The second kappa shape index (κ2) is 5.51. The second-order valence-electron chi connectivity index (χ2n) is 3.63. The maximum Gasteiger partial charge on any atom is 0.278 e. The van der Waals surface area contributed by atoms with Gasteiger partial charge in [-0.05, 0) is 17.7 Å². The van der Waals surface area contributed by atoms with Crippen molar-refractivity contribution >= 4 is 28.8 Å². The van der Waals surface area contributed by atoms with Crippen LogP contribution in [0.15, 0.2) is 54.6 Å². The van der Waals surface area contributed by atoms with Crippen LogP contribution in [0.3, 0.4) is 0 Å². The summed E-state index contributed by atoms with van der Waals surface area (Å²) in [5.41, 5.74) is 0.520. The fourth-order valence-electron chi connectivity index (χ4n) is 1.66. The van der Waals surface area contributed by atoms with Crippen LogP contribution >= 0.6 is 23.2 Å². The number of hydrogen-bond acceptors (Lipinski definition) is 0. The van der Waals surface area contributed by atoms with Crippen LogP contribution in [0.25, 0.3) is 5.57 Å². The van der Waals surface area contributed by atoms with E-state index in [1.165, 1.54) is 18.2 Å². The summed E-state index contributed by atoms with van der Waals surface area (Å²) < 4.78 is 26.3. The number of hydrogen-bond donors (Lipinski definition) is 0. The summed E-state index contributed by atoms with van der Waals surface area (Å²) in [5, 5.41) is 0.615. The molecule has 0 aliphatic heterocycles. The molecule has 0 saturated carbocycles. The molecule has 0 spiro atoms. The van der Waals surface area contributed by atoms with E-state index in [1.807, 2.05) is 0 Å². The molecule has 0 nitrogen and oxygen atoms in total. The SMILES string of the molecule is FC(F)=C(c1ccccc1)c1ccc(Cl)cc1Cl. The Morgan fingerprint density at radius 3 is 2.11 bits per heavy atom. The lowest BCUT2D eigenvalue weighted by Gasteiger charge is -2.09. The molecule has 18 heavy (non-hydrogen) atoms. The first kappa shape index (κ1) is 13.1. The molecule has 0 amide bonds. The third kappa shape index (κ3) is 2.71. The molecule has 0 saturated heterocycles. The quantitative estimate of drug-likeness (QED) is 0.669. The van der Waals surface area contributed by atoms with E-state index in [0.29, 0.717) is 10.6 Å². The highest BCUT2D eigenvalue weighted by molar-refractivity contribution is 6.35. The van der Waals surface area contributed by atoms with Gasteiger partial charge >= 0.3 is 0 Å². The van der Waals surface area contributed by atoms with Crippen molar-refractivity contribution in [1.29, 1.82) is 0 Å². The number of benzene rings is 2. The molecule has 4 heteroatoms. The minimum atomic E-state index is -1.77. The Hall–Kier alpha value is -1.38. The summed E-state index contributed by atoms with van der Waals surface area (Å²) >= 11 is 11.7. The van der Waals surface area contributed by atoms with Crippen molar-refractivity contribution in [3.05, 3.63) is 75.8 Å². The molecule has 92 valence electrons. The summed E-state index contributed by atoms with van der Waals surface area (Å²) in [6.45, 7) is 0. The largest absolute Gasteiger partial charge is 0.278 e. The van der Waals surface area contributed by atoms with Crippen LogP contribution in [0.2, 0.25) is 10.0 Å². The summed E-state index contributed by atoms with van der Waals surface area (Å²) in [7, 11) is 0. The lowest BCUT2D eigenvalue weighted by molar-refractivity contribution is 0.426. The molecule has 2 aromatic carbocycles. The molecule has 0 aliphatic carbocycles. The minimum absolute atomic E-state index is 0.169. The van der Waals surface area contributed by atoms with Gasteiger partial charge in [0.1, 0.15) is 0 Å². The van der Waals surface area contributed by atoms with Crippen LogP contribution in [0.5, 0.6) is 0 Å². The van der Waals surface area contributed by atoms with E-state index in [9.17, 15) is 8.78 Å². The predicted molar refractivity (Wildman–Crippen MR) is 71.1 cm³/mol. The lowest BCUT2D eigenvalue weighted by Crippen LogP contribution is -1.90. The van der Waals surface area contributed by atoms with Crippen LogP contribution < -0.4 is 0 Å². The van der Waals surface area contributed by atoms with Gasteiger partial charge in [0.2, 0.25) is 0 Å². The van der Waals surface area contributed by atoms with Gasteiger partial charge in [-0.15, -0.1) is 0 Å². The van der Waals surface area contributed by atoms with Gasteiger partial charge in [0.25, 0.3) is 6.08 Å². The topological polar surface area (TPSA) is 0 Å². The summed E-state index contributed by atoms with van der Waals surface area (Å²) in [6.07, 6.45) is -1.77. The highest BCUT2D eigenvalue weighted by atomic mass is 35.5. The van der Waals surface area contributed by atoms with E-state index < -0.39 is 6.08 Å². The highest BCUT2D eigenvalue weighted by Gasteiger charge is 2.15. The average molecular weight is 285 g/mol. The zero-order valence-corrected chi connectivity index (χ0v) is 10.6. The fourth-order valence-corrected chi connectivity index (χ4v) is 2.17. The summed E-state index contributed by atoms with van der Waals surface area (Å²) in [6, 6.07) is 12.9. The molecule has 0 bridgehead atoms. The molecule has 0 fully saturated rings. The van der Waals surface area contributed by atoms with E-state index in [-0.39, 0.29) is 16.2 Å². The molecule has 0 atom stereocenters. The third-order valence-electron chi connectivity index (χ3n) is 2.45. The maximum atomic E-state index is 13.1. The Bertz CT molecular complexity index is 588. The molecule has 0 heterocycles. The Labute approximate surface area is 113 Å². The molecular weight excluding hydrogens is 277 g/mol. The number of rotatable bonds is 2. The molecule has 0 unspecified atom stereocenters. The Kier molecular flexibility index (Phi) is 4.00. The average Bonchev–Trinajstić information content (AvgIpc) is 2.33. The zero-order valence-electron chi connectivity index (χ0n) is 9.13. The Morgan fingerprint density at radius 2 is 1.56 bits per heavy atom. The van der Waals surface area contributed by atoms with Crippen LogP contribution in [-0.2, 0) is 0 Å². The van der Waals surface area contributed by atoms with E-state index in [2.05, 4.69) is 0 Å². The van der Waals surface area contributed by atoms with Gasteiger partial charge in [-0.25, -0.2) is 0 Å². The van der Waals surface area contributed by atoms with E-state index >= 15 is 0 Å². The molecule has 0 aromatic heterocycles. The van der Waals surface area contributed by atoms with Crippen molar-refractivity contribution in [3.63, 3.8) is 0 Å². The van der Waals surface area contributed by atoms with Crippen molar-refractivity contribution in [3.8, 4) is 0 Å². The summed E-state index contributed by atoms with van der Waals surface area (Å²) in [5.74, 6) is 0. The van der Waals surface area contributed by atoms with Crippen molar-refractivity contribution in [2.45, 2.75) is 0 Å². The summed E-state index contributed by atoms with van der Waals surface area (Å²) in [4.78, 5) is 0. The van der Waals surface area contributed by atoms with E-state index in [4.69, 9.17) is 23.2 Å². The molecule has 0 radical (unpaired) electrons. The first-order chi connectivity index (χ1) is 8.59. The minimum Gasteiger partial charge on any atom is -0.173 e. The predicted octanol–water partition coefficient (Wildman–Crippen LogP) is 5.65. The molecular formula is C14H8Cl2F2. The van der Waals surface area contributed by atoms with E-state index in [1.54, 1.807) is 30.3 Å². The lowest BCUT2D eigenvalue weighted by atomic mass is 9.99. The standard InChI is InChI=1S/C14H8Cl2F2/c15-10-6-7-11(12(16)8-10)13(14(17)18)9-4-2-1-3-5-9/h1-8H. The van der Waals surface area contributed by atoms with Crippen LogP contribution in [0, 0.1) is 0 Å². The van der Waals surface area contributed by atoms with E-state index in [0.717, 1.165) is 0 Å². The first-order valence-electron chi connectivity index (χ1n) is 5.15. The van der Waals surface area contributed by atoms with Crippen molar-refractivity contribution in [1.82, 2.24) is 0 Å². The van der Waals surface area contributed by atoms with Gasteiger partial charge in [0.05, 0.1) is 10.6 Å². The fraction of sp³-hybridized carbons (Fsp3) is 0. The Balaban J connectivity index is 2.61. The maximum absolute atomic E-state index is 13.1. The third-order valence-corrected chi connectivity index (χ3v) is 3.00. The smallest absolute Gasteiger partial charge is 0.173 e. The Morgan fingerprint density at radius 1 is 0.889 bits per heavy atom. The van der Waals surface area contributed by atoms with Gasteiger partial charge in [0, 0.05) is 10.6 Å². The van der Waals surface area contributed by atoms with Crippen molar-refractivity contribution < 1.29 is 8.78 Å². The van der Waals surface area contributed by atoms with Gasteiger partial charge in [-0.2, -0.15) is 8.78 Å². The van der Waals surface area contributed by atoms with Gasteiger partial charge in [0.15, 0.2) is 0 Å². The monoisotopic (exact) mass is 284 g/mol. The normalized spacial score (nSPS) is 10.2. The molecule has 2 rings (SSSR count). The number of halogens is 4. The highest BCUT2D eigenvalue weighted by Crippen LogP contribution is 2.34. The molecule has 2 aromatic rings. The zero-order chi connectivity index (χ0) is 13.1. The second-order valence-corrected chi connectivity index (χ2v) is 4.47. The van der Waals surface area contributed by atoms with Gasteiger partial charge < -0.3 is 0 Å². The van der Waals surface area contributed by atoms with Crippen LogP contribution in [0.1, 0.15) is 11.1 Å². The van der Waals surface area contributed by atoms with Crippen LogP contribution in [-0.4, -0.2) is 0 Å². The molecule has 0 aliphatic rings. The van der Waals surface area contributed by atoms with Gasteiger partial charge in [-0.3, -0.25) is 0 Å². The van der Waals surface area contributed by atoms with Crippen molar-refractivity contribution in [2.24, 2.45) is 0 Å². The molecule has 0 N–H and O–H groups in total.